The number of aromatic nitrogens is 2. The van der Waals surface area contributed by atoms with Crippen LogP contribution in [0.1, 0.15) is 17.8 Å². The lowest BCUT2D eigenvalue weighted by Crippen LogP contribution is -2.37. The van der Waals surface area contributed by atoms with Gasteiger partial charge in [-0.1, -0.05) is 42.5 Å². The molecule has 28 heavy (non-hydrogen) atoms. The Labute approximate surface area is 162 Å². The second kappa shape index (κ2) is 7.70. The van der Waals surface area contributed by atoms with Crippen LogP contribution in [0.15, 0.2) is 60.7 Å². The molecule has 6 nitrogen and oxygen atoms in total. The van der Waals surface area contributed by atoms with E-state index < -0.39 is 0 Å². The zero-order valence-corrected chi connectivity index (χ0v) is 15.6. The predicted molar refractivity (Wildman–Crippen MR) is 110 cm³/mol. The Bertz CT molecular complexity index is 1150. The summed E-state index contributed by atoms with van der Waals surface area (Å²) in [5, 5.41) is 12.2. The van der Waals surface area contributed by atoms with E-state index in [1.807, 2.05) is 66.1 Å². The van der Waals surface area contributed by atoms with Gasteiger partial charge in [0.2, 0.25) is 5.91 Å². The van der Waals surface area contributed by atoms with Gasteiger partial charge < -0.3 is 9.67 Å². The topological polar surface area (TPSA) is 79.2 Å². The Morgan fingerprint density at radius 2 is 1.86 bits per heavy atom. The molecule has 4 rings (SSSR count). The molecule has 3 N–H and O–H groups in total. The minimum atomic E-state index is -0.114. The molecule has 0 saturated carbocycles. The average molecular weight is 374 g/mol. The molecule has 0 fully saturated rings. The lowest BCUT2D eigenvalue weighted by Gasteiger charge is -2.12. The van der Waals surface area contributed by atoms with Gasteiger partial charge in [-0.25, -0.2) is 10.4 Å². The molecular formula is C22H22N4O2. The first-order chi connectivity index (χ1) is 13.6. The number of fused-ring (bicyclic) bond motifs is 2. The van der Waals surface area contributed by atoms with Crippen molar-refractivity contribution in [2.45, 2.75) is 26.4 Å². The number of amides is 1. The van der Waals surface area contributed by atoms with E-state index >= 15 is 0 Å². The van der Waals surface area contributed by atoms with Crippen LogP contribution in [0.3, 0.4) is 0 Å². The van der Waals surface area contributed by atoms with Gasteiger partial charge in [0.1, 0.15) is 11.6 Å². The summed E-state index contributed by atoms with van der Waals surface area (Å²) in [6.45, 7) is 2.84. The van der Waals surface area contributed by atoms with Crippen LogP contribution in [-0.4, -0.2) is 20.6 Å². The number of hydrazine groups is 1. The van der Waals surface area contributed by atoms with E-state index in [4.69, 9.17) is 0 Å². The van der Waals surface area contributed by atoms with Gasteiger partial charge in [-0.05, 0) is 35.9 Å². The van der Waals surface area contributed by atoms with E-state index in [0.29, 0.717) is 19.5 Å². The van der Waals surface area contributed by atoms with E-state index in [-0.39, 0.29) is 11.7 Å². The molecule has 0 saturated heterocycles. The van der Waals surface area contributed by atoms with Crippen LogP contribution in [0.2, 0.25) is 0 Å². The highest BCUT2D eigenvalue weighted by molar-refractivity contribution is 5.87. The third-order valence-electron chi connectivity index (χ3n) is 4.92. The molecule has 6 heteroatoms. The summed E-state index contributed by atoms with van der Waals surface area (Å²) in [6, 6.07) is 19.3. The van der Waals surface area contributed by atoms with Crippen molar-refractivity contribution in [1.29, 1.82) is 0 Å². The Kier molecular flexibility index (Phi) is 4.95. The molecule has 1 amide bonds. The van der Waals surface area contributed by atoms with Gasteiger partial charge >= 0.3 is 0 Å². The van der Waals surface area contributed by atoms with Crippen LogP contribution in [0.25, 0.3) is 21.8 Å². The van der Waals surface area contributed by atoms with Gasteiger partial charge in [0.25, 0.3) is 0 Å². The number of hydrogen-bond acceptors (Lipinski definition) is 4. The van der Waals surface area contributed by atoms with E-state index in [2.05, 4.69) is 15.8 Å². The first-order valence-corrected chi connectivity index (χ1v) is 9.26. The number of rotatable bonds is 6. The van der Waals surface area contributed by atoms with Gasteiger partial charge in [-0.15, -0.1) is 0 Å². The summed E-state index contributed by atoms with van der Waals surface area (Å²) < 4.78 is 2.05. The minimum Gasteiger partial charge on any atom is -0.508 e. The number of para-hydroxylation sites is 2. The molecule has 142 valence electrons. The number of imidazole rings is 1. The van der Waals surface area contributed by atoms with Crippen molar-refractivity contribution >= 4 is 27.7 Å². The molecule has 0 aliphatic heterocycles. The molecule has 0 unspecified atom stereocenters. The third-order valence-corrected chi connectivity index (χ3v) is 4.92. The Morgan fingerprint density at radius 3 is 2.75 bits per heavy atom. The lowest BCUT2D eigenvalue weighted by molar-refractivity contribution is -0.122. The summed E-state index contributed by atoms with van der Waals surface area (Å²) in [7, 11) is 0. The molecule has 1 heterocycles. The van der Waals surface area contributed by atoms with Crippen LogP contribution in [-0.2, 0) is 17.9 Å². The second-order valence-electron chi connectivity index (χ2n) is 6.74. The monoisotopic (exact) mass is 374 g/mol. The molecule has 4 aromatic rings. The van der Waals surface area contributed by atoms with Crippen LogP contribution in [0.4, 0.5) is 0 Å². The van der Waals surface area contributed by atoms with Crippen molar-refractivity contribution in [2.24, 2.45) is 0 Å². The van der Waals surface area contributed by atoms with Crippen LogP contribution in [0.5, 0.6) is 5.75 Å². The zero-order chi connectivity index (χ0) is 19.5. The van der Waals surface area contributed by atoms with Gasteiger partial charge in [0, 0.05) is 25.1 Å². The minimum absolute atomic E-state index is 0.114. The van der Waals surface area contributed by atoms with Gasteiger partial charge in [0.15, 0.2) is 0 Å². The van der Waals surface area contributed by atoms with E-state index in [1.165, 1.54) is 0 Å². The van der Waals surface area contributed by atoms with Crippen molar-refractivity contribution in [3.8, 4) is 5.75 Å². The molecule has 0 aliphatic carbocycles. The average Bonchev–Trinajstić information content (AvgIpc) is 3.03. The smallest absolute Gasteiger partial charge is 0.235 e. The maximum atomic E-state index is 12.3. The Hall–Kier alpha value is -3.38. The number of nitrogens with zero attached hydrogens (tertiary/aromatic N) is 2. The first kappa shape index (κ1) is 18.0. The van der Waals surface area contributed by atoms with Gasteiger partial charge in [-0.2, -0.15) is 0 Å². The van der Waals surface area contributed by atoms with Crippen LogP contribution >= 0.6 is 0 Å². The molecule has 0 aliphatic rings. The number of carbonyl (C=O) groups excluding carboxylic acids is 1. The van der Waals surface area contributed by atoms with Crippen molar-refractivity contribution in [2.75, 3.05) is 0 Å². The molecule has 0 atom stereocenters. The fourth-order valence-electron chi connectivity index (χ4n) is 3.50. The third kappa shape index (κ3) is 3.54. The highest BCUT2D eigenvalue weighted by atomic mass is 16.3. The van der Waals surface area contributed by atoms with E-state index in [0.717, 1.165) is 33.2 Å². The quantitative estimate of drug-likeness (QED) is 0.452. The van der Waals surface area contributed by atoms with Crippen molar-refractivity contribution in [1.82, 2.24) is 20.4 Å². The van der Waals surface area contributed by atoms with E-state index in [1.54, 1.807) is 6.07 Å². The second-order valence-corrected chi connectivity index (χ2v) is 6.74. The molecule has 0 radical (unpaired) electrons. The number of benzene rings is 3. The van der Waals surface area contributed by atoms with Gasteiger partial charge in [-0.3, -0.25) is 10.2 Å². The Morgan fingerprint density at radius 1 is 1.07 bits per heavy atom. The number of phenolic OH excluding ortho intramolecular Hbond substituents is 1. The fraction of sp³-hybridized carbons (Fsp3) is 0.182. The summed E-state index contributed by atoms with van der Waals surface area (Å²) >= 11 is 0. The molecule has 0 spiro atoms. The maximum Gasteiger partial charge on any atom is 0.235 e. The summed E-state index contributed by atoms with van der Waals surface area (Å²) in [4.78, 5) is 16.8. The summed E-state index contributed by atoms with van der Waals surface area (Å²) in [5.74, 6) is 0.987. The molecule has 0 bridgehead atoms. The maximum absolute atomic E-state index is 12.3. The van der Waals surface area contributed by atoms with Crippen LogP contribution in [0, 0.1) is 6.92 Å². The SMILES string of the molecule is Cc1nc2ccccc2n1CCC(=O)NNCc1c(O)ccc2ccccc12. The highest BCUT2D eigenvalue weighted by Crippen LogP contribution is 2.26. The first-order valence-electron chi connectivity index (χ1n) is 9.26. The van der Waals surface area contributed by atoms with Crippen molar-refractivity contribution in [3.63, 3.8) is 0 Å². The lowest BCUT2D eigenvalue weighted by atomic mass is 10.0. The zero-order valence-electron chi connectivity index (χ0n) is 15.6. The molecular weight excluding hydrogens is 352 g/mol. The summed E-state index contributed by atoms with van der Waals surface area (Å²) in [6.07, 6.45) is 0.329. The fourth-order valence-corrected chi connectivity index (χ4v) is 3.50. The molecule has 3 aromatic carbocycles. The van der Waals surface area contributed by atoms with Crippen molar-refractivity contribution < 1.29 is 9.90 Å². The number of aromatic hydroxyl groups is 1. The van der Waals surface area contributed by atoms with Gasteiger partial charge in [0.05, 0.1) is 11.0 Å². The number of aryl methyl sites for hydroxylation is 2. The number of phenols is 1. The van der Waals surface area contributed by atoms with Crippen LogP contribution < -0.4 is 10.9 Å². The number of carbonyl (C=O) groups is 1. The highest BCUT2D eigenvalue weighted by Gasteiger charge is 2.10. The van der Waals surface area contributed by atoms with E-state index in [9.17, 15) is 9.90 Å². The standard InChI is InChI=1S/C22H22N4O2/c1-15-24-19-8-4-5-9-20(19)26(15)13-12-22(28)25-23-14-18-17-7-3-2-6-16(17)10-11-21(18)27/h2-11,23,27H,12-14H2,1H3,(H,25,28). The predicted octanol–water partition coefficient (Wildman–Crippen LogP) is 3.41. The number of hydrogen-bond donors (Lipinski definition) is 3. The van der Waals surface area contributed by atoms with Crippen molar-refractivity contribution in [3.05, 3.63) is 72.1 Å². The molecule has 1 aromatic heterocycles. The summed E-state index contributed by atoms with van der Waals surface area (Å²) in [5.41, 5.74) is 8.37. The Balaban J connectivity index is 1.37. The largest absolute Gasteiger partial charge is 0.508 e. The normalized spacial score (nSPS) is 11.2. The number of nitrogens with one attached hydrogen (secondary N) is 2.